The van der Waals surface area contributed by atoms with Crippen LogP contribution < -0.4 is 5.32 Å². The lowest BCUT2D eigenvalue weighted by molar-refractivity contribution is 0.116. The summed E-state index contributed by atoms with van der Waals surface area (Å²) in [5.74, 6) is -0.0976. The Kier molecular flexibility index (Phi) is 4.36. The molecule has 1 saturated carbocycles. The number of hydrogen-bond acceptors (Lipinski definition) is 2. The molecule has 0 heterocycles. The Labute approximate surface area is 108 Å². The van der Waals surface area contributed by atoms with Crippen LogP contribution >= 0.6 is 0 Å². The summed E-state index contributed by atoms with van der Waals surface area (Å²) in [6, 6.07) is 4.30. The Hall–Kier alpha value is -0.930. The molecule has 1 aliphatic carbocycles. The first-order valence-corrected chi connectivity index (χ1v) is 6.73. The third-order valence-electron chi connectivity index (χ3n) is 3.79. The van der Waals surface area contributed by atoms with Crippen molar-refractivity contribution < 1.29 is 9.50 Å². The van der Waals surface area contributed by atoms with Gasteiger partial charge in [0.15, 0.2) is 0 Å². The van der Waals surface area contributed by atoms with Gasteiger partial charge >= 0.3 is 0 Å². The average molecular weight is 251 g/mol. The van der Waals surface area contributed by atoms with E-state index in [1.165, 1.54) is 0 Å². The van der Waals surface area contributed by atoms with E-state index in [9.17, 15) is 9.50 Å². The van der Waals surface area contributed by atoms with Gasteiger partial charge in [-0.1, -0.05) is 12.1 Å². The quantitative estimate of drug-likeness (QED) is 0.866. The molecule has 2 rings (SSSR count). The molecule has 0 bridgehead atoms. The van der Waals surface area contributed by atoms with Crippen molar-refractivity contribution in [2.45, 2.75) is 58.2 Å². The number of halogens is 1. The smallest absolute Gasteiger partial charge is 0.129 e. The third-order valence-corrected chi connectivity index (χ3v) is 3.79. The first kappa shape index (κ1) is 13.5. The molecule has 18 heavy (non-hydrogen) atoms. The second-order valence-electron chi connectivity index (χ2n) is 5.43. The molecule has 3 heteroatoms. The third kappa shape index (κ3) is 3.30. The summed E-state index contributed by atoms with van der Waals surface area (Å²) < 4.78 is 13.5. The highest BCUT2D eigenvalue weighted by atomic mass is 19.1. The van der Waals surface area contributed by atoms with E-state index in [2.05, 4.69) is 5.32 Å². The molecule has 0 radical (unpaired) electrons. The summed E-state index contributed by atoms with van der Waals surface area (Å²) in [5, 5.41) is 12.9. The molecule has 0 amide bonds. The fourth-order valence-corrected chi connectivity index (χ4v) is 2.68. The van der Waals surface area contributed by atoms with Crippen LogP contribution in [0, 0.1) is 19.7 Å². The fourth-order valence-electron chi connectivity index (χ4n) is 2.68. The van der Waals surface area contributed by atoms with Gasteiger partial charge in [0.1, 0.15) is 5.82 Å². The van der Waals surface area contributed by atoms with Crippen LogP contribution in [0.4, 0.5) is 4.39 Å². The second-order valence-corrected chi connectivity index (χ2v) is 5.43. The van der Waals surface area contributed by atoms with Crippen LogP contribution in [0.1, 0.15) is 42.4 Å². The first-order valence-electron chi connectivity index (χ1n) is 6.73. The molecule has 0 unspecified atom stereocenters. The van der Waals surface area contributed by atoms with Crippen molar-refractivity contribution in [1.82, 2.24) is 5.32 Å². The van der Waals surface area contributed by atoms with E-state index in [0.717, 1.165) is 37.8 Å². The number of aliphatic hydroxyl groups is 1. The average Bonchev–Trinajstić information content (AvgIpc) is 2.35. The Morgan fingerprint density at radius 3 is 2.28 bits per heavy atom. The molecule has 0 atom stereocenters. The van der Waals surface area contributed by atoms with Gasteiger partial charge in [0, 0.05) is 12.6 Å². The van der Waals surface area contributed by atoms with Crippen LogP contribution in [-0.2, 0) is 6.54 Å². The minimum Gasteiger partial charge on any atom is -0.393 e. The number of aryl methyl sites for hydroxylation is 2. The van der Waals surface area contributed by atoms with Gasteiger partial charge in [-0.05, 0) is 56.2 Å². The molecule has 0 aromatic heterocycles. The topological polar surface area (TPSA) is 32.3 Å². The van der Waals surface area contributed by atoms with E-state index >= 15 is 0 Å². The van der Waals surface area contributed by atoms with Crippen molar-refractivity contribution in [3.8, 4) is 0 Å². The van der Waals surface area contributed by atoms with E-state index in [1.807, 2.05) is 26.0 Å². The van der Waals surface area contributed by atoms with Gasteiger partial charge in [0.25, 0.3) is 0 Å². The zero-order valence-electron chi connectivity index (χ0n) is 11.2. The summed E-state index contributed by atoms with van der Waals surface area (Å²) in [7, 11) is 0. The Morgan fingerprint density at radius 1 is 1.17 bits per heavy atom. The maximum absolute atomic E-state index is 13.5. The van der Waals surface area contributed by atoms with E-state index < -0.39 is 0 Å². The fraction of sp³-hybridized carbons (Fsp3) is 0.600. The summed E-state index contributed by atoms with van der Waals surface area (Å²) in [5.41, 5.74) is 2.56. The van der Waals surface area contributed by atoms with Crippen molar-refractivity contribution in [2.75, 3.05) is 0 Å². The van der Waals surface area contributed by atoms with E-state index in [0.29, 0.717) is 17.2 Å². The van der Waals surface area contributed by atoms with Crippen LogP contribution in [0.3, 0.4) is 0 Å². The molecule has 0 aliphatic heterocycles. The molecular weight excluding hydrogens is 229 g/mol. The minimum atomic E-state index is -0.113. The van der Waals surface area contributed by atoms with Gasteiger partial charge in [0.2, 0.25) is 0 Å². The van der Waals surface area contributed by atoms with E-state index in [1.54, 1.807) is 0 Å². The molecular formula is C15H22FNO. The molecule has 2 nitrogen and oxygen atoms in total. The maximum atomic E-state index is 13.5. The monoisotopic (exact) mass is 251 g/mol. The molecule has 0 spiro atoms. The van der Waals surface area contributed by atoms with Crippen LogP contribution in [0.2, 0.25) is 0 Å². The van der Waals surface area contributed by atoms with Gasteiger partial charge in [0.05, 0.1) is 6.10 Å². The number of rotatable bonds is 3. The predicted molar refractivity (Wildman–Crippen MR) is 71.0 cm³/mol. The standard InChI is InChI=1S/C15H22FNO/c1-10-7-12(8-11(2)15(10)16)9-17-13-3-5-14(18)6-4-13/h7-8,13-14,17-18H,3-6,9H2,1-2H3. The summed E-state index contributed by atoms with van der Waals surface area (Å²) >= 11 is 0. The zero-order valence-corrected chi connectivity index (χ0v) is 11.2. The van der Waals surface area contributed by atoms with Gasteiger partial charge in [-0.15, -0.1) is 0 Å². The van der Waals surface area contributed by atoms with E-state index in [-0.39, 0.29) is 11.9 Å². The molecule has 1 aromatic rings. The lowest BCUT2D eigenvalue weighted by Gasteiger charge is -2.26. The number of nitrogens with one attached hydrogen (secondary N) is 1. The summed E-state index contributed by atoms with van der Waals surface area (Å²) in [6.07, 6.45) is 3.72. The molecule has 100 valence electrons. The summed E-state index contributed by atoms with van der Waals surface area (Å²) in [6.45, 7) is 4.40. The first-order chi connectivity index (χ1) is 8.56. The Bertz CT molecular complexity index is 388. The second kappa shape index (κ2) is 5.81. The highest BCUT2D eigenvalue weighted by Gasteiger charge is 2.18. The maximum Gasteiger partial charge on any atom is 0.129 e. The largest absolute Gasteiger partial charge is 0.393 e. The molecule has 1 aromatic carbocycles. The van der Waals surface area contributed by atoms with Gasteiger partial charge in [-0.3, -0.25) is 0 Å². The van der Waals surface area contributed by atoms with Crippen molar-refractivity contribution >= 4 is 0 Å². The van der Waals surface area contributed by atoms with Gasteiger partial charge in [-0.2, -0.15) is 0 Å². The Morgan fingerprint density at radius 2 is 1.72 bits per heavy atom. The number of benzene rings is 1. The summed E-state index contributed by atoms with van der Waals surface area (Å²) in [4.78, 5) is 0. The number of aliphatic hydroxyl groups excluding tert-OH is 1. The van der Waals surface area contributed by atoms with Crippen LogP contribution in [-0.4, -0.2) is 17.3 Å². The molecule has 0 saturated heterocycles. The van der Waals surface area contributed by atoms with E-state index in [4.69, 9.17) is 0 Å². The normalized spacial score (nSPS) is 24.2. The van der Waals surface area contributed by atoms with Gasteiger partial charge in [-0.25, -0.2) is 4.39 Å². The van der Waals surface area contributed by atoms with Crippen molar-refractivity contribution in [3.05, 3.63) is 34.6 Å². The predicted octanol–water partition coefficient (Wildman–Crippen LogP) is 2.84. The Balaban J connectivity index is 1.90. The van der Waals surface area contributed by atoms with Crippen LogP contribution in [0.15, 0.2) is 12.1 Å². The SMILES string of the molecule is Cc1cc(CNC2CCC(O)CC2)cc(C)c1F. The van der Waals surface area contributed by atoms with Crippen molar-refractivity contribution in [2.24, 2.45) is 0 Å². The highest BCUT2D eigenvalue weighted by molar-refractivity contribution is 5.30. The minimum absolute atomic E-state index is 0.0976. The van der Waals surface area contributed by atoms with Gasteiger partial charge < -0.3 is 10.4 Å². The molecule has 1 fully saturated rings. The van der Waals surface area contributed by atoms with Crippen LogP contribution in [0.5, 0.6) is 0 Å². The number of hydrogen-bond donors (Lipinski definition) is 2. The van der Waals surface area contributed by atoms with Crippen molar-refractivity contribution in [3.63, 3.8) is 0 Å². The lowest BCUT2D eigenvalue weighted by Crippen LogP contribution is -2.34. The molecule has 1 aliphatic rings. The molecule has 2 N–H and O–H groups in total. The lowest BCUT2D eigenvalue weighted by atomic mass is 9.93. The zero-order chi connectivity index (χ0) is 13.1. The van der Waals surface area contributed by atoms with Crippen molar-refractivity contribution in [1.29, 1.82) is 0 Å². The highest BCUT2D eigenvalue weighted by Crippen LogP contribution is 2.19. The van der Waals surface area contributed by atoms with Crippen LogP contribution in [0.25, 0.3) is 0 Å².